The lowest BCUT2D eigenvalue weighted by Crippen LogP contribution is -2.37. The first-order valence-corrected chi connectivity index (χ1v) is 6.75. The van der Waals surface area contributed by atoms with Gasteiger partial charge in [-0.2, -0.15) is 5.10 Å². The molecule has 2 aromatic rings. The number of alkyl halides is 1. The lowest BCUT2D eigenvalue weighted by Gasteiger charge is -2.34. The molecule has 3 nitrogen and oxygen atoms in total. The van der Waals surface area contributed by atoms with Gasteiger partial charge in [-0.05, 0) is 30.2 Å². The zero-order chi connectivity index (χ0) is 14.7. The highest BCUT2D eigenvalue weighted by molar-refractivity contribution is 5.26. The van der Waals surface area contributed by atoms with E-state index in [0.717, 1.165) is 5.56 Å². The molecule has 0 saturated carbocycles. The molecule has 0 fully saturated rings. The standard InChI is InChI=1S/C16H15F2N3/c17-14-6-4-13(5-7-14)9-16(8-2-1-3-15(16)18)10-21-12-19-11-20-21/h1-8,11-12,15H,9-10H2. The Kier molecular flexibility index (Phi) is 3.64. The molecule has 1 aliphatic carbocycles. The fraction of sp³-hybridized carbons (Fsp3) is 0.250. The van der Waals surface area contributed by atoms with Crippen molar-refractivity contribution in [3.63, 3.8) is 0 Å². The molecule has 0 spiro atoms. The van der Waals surface area contributed by atoms with Crippen LogP contribution in [0.15, 0.2) is 61.2 Å². The van der Waals surface area contributed by atoms with Gasteiger partial charge in [-0.15, -0.1) is 0 Å². The van der Waals surface area contributed by atoms with Crippen LogP contribution in [0.3, 0.4) is 0 Å². The minimum Gasteiger partial charge on any atom is -0.252 e. The van der Waals surface area contributed by atoms with Gasteiger partial charge in [-0.1, -0.05) is 30.4 Å². The maximum atomic E-state index is 14.6. The van der Waals surface area contributed by atoms with Crippen molar-refractivity contribution >= 4 is 0 Å². The van der Waals surface area contributed by atoms with Crippen LogP contribution in [-0.2, 0) is 13.0 Å². The van der Waals surface area contributed by atoms with Crippen molar-refractivity contribution in [1.29, 1.82) is 0 Å². The lowest BCUT2D eigenvalue weighted by atomic mass is 9.75. The summed E-state index contributed by atoms with van der Waals surface area (Å²) in [7, 11) is 0. The van der Waals surface area contributed by atoms with E-state index >= 15 is 0 Å². The second kappa shape index (κ2) is 5.60. The number of rotatable bonds is 4. The quantitative estimate of drug-likeness (QED) is 0.865. The average molecular weight is 287 g/mol. The molecule has 21 heavy (non-hydrogen) atoms. The fourth-order valence-electron chi connectivity index (χ4n) is 2.64. The van der Waals surface area contributed by atoms with Gasteiger partial charge in [0.05, 0.1) is 6.54 Å². The molecule has 108 valence electrons. The molecule has 1 aromatic heterocycles. The van der Waals surface area contributed by atoms with E-state index in [1.807, 2.05) is 12.2 Å². The van der Waals surface area contributed by atoms with E-state index in [4.69, 9.17) is 0 Å². The van der Waals surface area contributed by atoms with Crippen LogP contribution in [0.4, 0.5) is 8.78 Å². The first kappa shape index (κ1) is 13.7. The Labute approximate surface area is 121 Å². The lowest BCUT2D eigenvalue weighted by molar-refractivity contribution is 0.163. The summed E-state index contributed by atoms with van der Waals surface area (Å²) >= 11 is 0. The van der Waals surface area contributed by atoms with Crippen LogP contribution in [0.5, 0.6) is 0 Å². The van der Waals surface area contributed by atoms with Gasteiger partial charge in [-0.3, -0.25) is 4.68 Å². The molecular formula is C16H15F2N3. The van der Waals surface area contributed by atoms with E-state index in [0.29, 0.717) is 13.0 Å². The fourth-order valence-corrected chi connectivity index (χ4v) is 2.64. The number of allylic oxidation sites excluding steroid dienone is 4. The van der Waals surface area contributed by atoms with Gasteiger partial charge in [0.1, 0.15) is 24.6 Å². The monoisotopic (exact) mass is 287 g/mol. The van der Waals surface area contributed by atoms with Crippen LogP contribution < -0.4 is 0 Å². The third-order valence-electron chi connectivity index (χ3n) is 3.74. The van der Waals surface area contributed by atoms with Crippen molar-refractivity contribution in [2.75, 3.05) is 0 Å². The molecule has 1 aromatic carbocycles. The van der Waals surface area contributed by atoms with E-state index in [1.165, 1.54) is 18.5 Å². The molecule has 0 saturated heterocycles. The normalized spacial score (nSPS) is 24.4. The van der Waals surface area contributed by atoms with Gasteiger partial charge in [-0.25, -0.2) is 13.8 Å². The van der Waals surface area contributed by atoms with Gasteiger partial charge < -0.3 is 0 Å². The van der Waals surface area contributed by atoms with E-state index in [9.17, 15) is 8.78 Å². The number of halogens is 2. The van der Waals surface area contributed by atoms with Gasteiger partial charge >= 0.3 is 0 Å². The highest BCUT2D eigenvalue weighted by Crippen LogP contribution is 2.36. The number of aromatic nitrogens is 3. The first-order valence-electron chi connectivity index (χ1n) is 6.75. The maximum Gasteiger partial charge on any atom is 0.137 e. The molecule has 0 bridgehead atoms. The smallest absolute Gasteiger partial charge is 0.137 e. The number of nitrogens with zero attached hydrogens (tertiary/aromatic N) is 3. The minimum atomic E-state index is -1.13. The molecule has 5 heteroatoms. The van der Waals surface area contributed by atoms with E-state index in [2.05, 4.69) is 10.1 Å². The Balaban J connectivity index is 1.90. The van der Waals surface area contributed by atoms with E-state index < -0.39 is 11.6 Å². The van der Waals surface area contributed by atoms with E-state index in [-0.39, 0.29) is 5.82 Å². The molecule has 0 aliphatic heterocycles. The highest BCUT2D eigenvalue weighted by Gasteiger charge is 2.37. The van der Waals surface area contributed by atoms with Crippen LogP contribution in [0.1, 0.15) is 5.56 Å². The third kappa shape index (κ3) is 2.91. The van der Waals surface area contributed by atoms with Gasteiger partial charge in [0, 0.05) is 5.41 Å². The van der Waals surface area contributed by atoms with Crippen molar-refractivity contribution < 1.29 is 8.78 Å². The van der Waals surface area contributed by atoms with Gasteiger partial charge in [0.2, 0.25) is 0 Å². The zero-order valence-electron chi connectivity index (χ0n) is 11.4. The Morgan fingerprint density at radius 1 is 1.19 bits per heavy atom. The Hall–Kier alpha value is -2.30. The summed E-state index contributed by atoms with van der Waals surface area (Å²) in [6, 6.07) is 6.18. The second-order valence-corrected chi connectivity index (χ2v) is 5.28. The Bertz CT molecular complexity index is 647. The Morgan fingerprint density at radius 3 is 2.67 bits per heavy atom. The van der Waals surface area contributed by atoms with Crippen LogP contribution in [0, 0.1) is 11.2 Å². The summed E-state index contributed by atoms with van der Waals surface area (Å²) in [5.74, 6) is -0.292. The molecule has 2 atom stereocenters. The summed E-state index contributed by atoms with van der Waals surface area (Å²) in [4.78, 5) is 3.90. The van der Waals surface area contributed by atoms with Crippen molar-refractivity contribution in [1.82, 2.24) is 14.8 Å². The predicted octanol–water partition coefficient (Wildman–Crippen LogP) is 3.11. The molecular weight excluding hydrogens is 272 g/mol. The zero-order valence-corrected chi connectivity index (χ0v) is 11.4. The second-order valence-electron chi connectivity index (χ2n) is 5.28. The summed E-state index contributed by atoms with van der Waals surface area (Å²) < 4.78 is 29.2. The summed E-state index contributed by atoms with van der Waals surface area (Å²) in [6.07, 6.45) is 9.30. The molecule has 1 aliphatic rings. The van der Waals surface area contributed by atoms with Gasteiger partial charge in [0.15, 0.2) is 0 Å². The first-order chi connectivity index (χ1) is 10.2. The summed E-state index contributed by atoms with van der Waals surface area (Å²) in [5, 5.41) is 4.07. The van der Waals surface area contributed by atoms with Crippen molar-refractivity contribution in [2.45, 2.75) is 19.1 Å². The molecule has 2 unspecified atom stereocenters. The van der Waals surface area contributed by atoms with Crippen LogP contribution in [0.2, 0.25) is 0 Å². The van der Waals surface area contributed by atoms with Crippen LogP contribution in [0.25, 0.3) is 0 Å². The predicted molar refractivity (Wildman–Crippen MR) is 75.7 cm³/mol. The molecule has 0 radical (unpaired) electrons. The average Bonchev–Trinajstić information content (AvgIpc) is 2.97. The molecule has 0 N–H and O–H groups in total. The number of hydrogen-bond donors (Lipinski definition) is 0. The van der Waals surface area contributed by atoms with Crippen LogP contribution >= 0.6 is 0 Å². The summed E-state index contributed by atoms with van der Waals surface area (Å²) in [6.45, 7) is 0.381. The largest absolute Gasteiger partial charge is 0.252 e. The third-order valence-corrected chi connectivity index (χ3v) is 3.74. The van der Waals surface area contributed by atoms with Crippen molar-refractivity contribution in [2.24, 2.45) is 5.41 Å². The maximum absolute atomic E-state index is 14.6. The van der Waals surface area contributed by atoms with Crippen molar-refractivity contribution in [3.8, 4) is 0 Å². The summed E-state index contributed by atoms with van der Waals surface area (Å²) in [5.41, 5.74) is 0.152. The number of hydrogen-bond acceptors (Lipinski definition) is 2. The molecule has 0 amide bonds. The van der Waals surface area contributed by atoms with E-state index in [1.54, 1.807) is 35.3 Å². The Morgan fingerprint density at radius 2 is 2.00 bits per heavy atom. The van der Waals surface area contributed by atoms with Crippen molar-refractivity contribution in [3.05, 3.63) is 72.6 Å². The molecule has 3 rings (SSSR count). The van der Waals surface area contributed by atoms with Crippen LogP contribution in [-0.4, -0.2) is 20.9 Å². The SMILES string of the molecule is Fc1ccc(CC2(Cn3cncn3)C=CC=CC2F)cc1. The topological polar surface area (TPSA) is 30.7 Å². The number of benzene rings is 1. The highest BCUT2D eigenvalue weighted by atomic mass is 19.1. The van der Waals surface area contributed by atoms with Gasteiger partial charge in [0.25, 0.3) is 0 Å². The molecule has 1 heterocycles. The minimum absolute atomic E-state index is 0.292.